The molecular weight excluding hydrogens is 841 g/mol. The Balaban J connectivity index is 1.59. The molecule has 65 heavy (non-hydrogen) atoms. The number of rotatable bonds is 27. The smallest absolute Gasteiger partial charge is 0.305 e. The molecule has 2 heterocycles. The van der Waals surface area contributed by atoms with E-state index in [1.165, 1.54) is 19.4 Å². The summed E-state index contributed by atoms with van der Waals surface area (Å²) in [5, 5.41) is 26.2. The van der Waals surface area contributed by atoms with Crippen LogP contribution in [0, 0.1) is 0 Å². The average molecular weight is 899 g/mol. The van der Waals surface area contributed by atoms with Crippen LogP contribution >= 0.6 is 0 Å². The second-order valence-corrected chi connectivity index (χ2v) is 15.5. The number of aliphatic carboxylic acids is 1. The topological polar surface area (TPSA) is 338 Å². The number of nitrogens with two attached hydrogens (primary N) is 2. The number of para-hydroxylation sites is 1. The van der Waals surface area contributed by atoms with Crippen LogP contribution in [0.5, 0.6) is 0 Å². The van der Waals surface area contributed by atoms with Crippen molar-refractivity contribution in [3.05, 3.63) is 90.1 Å². The highest BCUT2D eigenvalue weighted by Crippen LogP contribution is 2.19. The summed E-state index contributed by atoms with van der Waals surface area (Å²) < 4.78 is 0. The summed E-state index contributed by atoms with van der Waals surface area (Å²) in [4.78, 5) is 120. The number of guanidine groups is 1. The molecule has 13 N–H and O–H groups in total. The fourth-order valence-electron chi connectivity index (χ4n) is 7.01. The molecule has 0 radical (unpaired) electrons. The molecule has 4 rings (SSSR count). The van der Waals surface area contributed by atoms with E-state index in [4.69, 9.17) is 11.5 Å². The van der Waals surface area contributed by atoms with E-state index in [2.05, 4.69) is 51.8 Å². The van der Waals surface area contributed by atoms with Crippen molar-refractivity contribution in [2.75, 3.05) is 6.54 Å². The number of imidazole rings is 1. The standard InChI is InChI=1S/C44H58N12O9/c1-3-4-14-33(51-26(2)58)40(62)56-37(21-38(59)60)43(65)55-36(20-29-23-47-25-50-29)42(64)54-35(18-27-11-6-5-7-12-27)41(63)53-34(16-10-17-48-44(45)46)39(61)52-30(24-57)19-28-22-49-32-15-9-8-13-31(28)32/h5-9,11-13,15,22-25,30,33-37,49H,3-4,10,14,16-21H2,1-2H3,(H,47,50)(H,51,58)(H,52,61)(H,53,63)(H,54,64)(H,55,65)(H,56,62)(H,59,60)(H4,45,46,48)/t30-,33-,34-,35+,36-,37-/m0/s1. The maximum atomic E-state index is 14.3. The first-order chi connectivity index (χ1) is 31.2. The van der Waals surface area contributed by atoms with Crippen LogP contribution in [0.2, 0.25) is 0 Å². The van der Waals surface area contributed by atoms with E-state index in [1.54, 1.807) is 36.5 Å². The number of nitrogens with zero attached hydrogens (tertiary/aromatic N) is 2. The molecule has 0 fully saturated rings. The zero-order valence-corrected chi connectivity index (χ0v) is 36.3. The lowest BCUT2D eigenvalue weighted by atomic mass is 10.0. The van der Waals surface area contributed by atoms with Crippen molar-refractivity contribution in [1.29, 1.82) is 0 Å². The molecule has 0 unspecified atom stereocenters. The summed E-state index contributed by atoms with van der Waals surface area (Å²) in [6, 6.07) is 8.38. The quantitative estimate of drug-likeness (QED) is 0.0160. The third kappa shape index (κ3) is 16.6. The third-order valence-electron chi connectivity index (χ3n) is 10.3. The summed E-state index contributed by atoms with van der Waals surface area (Å²) in [5.74, 6) is -6.28. The number of carboxylic acid groups (broad SMARTS) is 1. The maximum absolute atomic E-state index is 14.3. The van der Waals surface area contributed by atoms with Crippen molar-refractivity contribution < 1.29 is 43.5 Å². The number of carbonyl (C=O) groups excluding carboxylic acids is 7. The number of H-pyrrole nitrogens is 2. The fraction of sp³-hybridized carbons (Fsp3) is 0.409. The normalized spacial score (nSPS) is 13.7. The number of nitrogens with one attached hydrogen (secondary N) is 8. The Morgan fingerprint density at radius 2 is 1.31 bits per heavy atom. The van der Waals surface area contributed by atoms with Crippen molar-refractivity contribution in [2.45, 2.75) is 108 Å². The van der Waals surface area contributed by atoms with Gasteiger partial charge in [-0.25, -0.2) is 4.98 Å². The van der Waals surface area contributed by atoms with Gasteiger partial charge in [0.15, 0.2) is 5.96 Å². The van der Waals surface area contributed by atoms with Gasteiger partial charge in [0.1, 0.15) is 36.5 Å². The molecule has 0 aliphatic carbocycles. The number of carbonyl (C=O) groups is 8. The maximum Gasteiger partial charge on any atom is 0.305 e. The SMILES string of the molecule is CCCC[C@H](NC(C)=O)C(=O)N[C@@H](CC(=O)O)C(=O)N[C@@H](Cc1cnc[nH]1)C(=O)N[C@H](Cc1ccccc1)C(=O)N[C@@H](CCCN=C(N)N)C(=O)N[C@H](C=O)Cc1c[nH]c2ccccc12. The minimum Gasteiger partial charge on any atom is -0.481 e. The lowest BCUT2D eigenvalue weighted by molar-refractivity contribution is -0.141. The molecule has 6 atom stereocenters. The Bertz CT molecular complexity index is 2260. The number of aromatic nitrogens is 3. The second kappa shape index (κ2) is 25.5. The van der Waals surface area contributed by atoms with Crippen LogP contribution in [-0.2, 0) is 57.6 Å². The zero-order valence-electron chi connectivity index (χ0n) is 36.3. The van der Waals surface area contributed by atoms with Gasteiger partial charge in [-0.3, -0.25) is 38.6 Å². The minimum absolute atomic E-state index is 0.0233. The van der Waals surface area contributed by atoms with E-state index in [0.29, 0.717) is 30.4 Å². The predicted molar refractivity (Wildman–Crippen MR) is 239 cm³/mol. The molecule has 348 valence electrons. The van der Waals surface area contributed by atoms with E-state index < -0.39 is 84.1 Å². The molecule has 4 aromatic rings. The number of aliphatic imine (C=N–C) groups is 1. The van der Waals surface area contributed by atoms with E-state index >= 15 is 0 Å². The van der Waals surface area contributed by atoms with Gasteiger partial charge in [0, 0.05) is 61.7 Å². The number of benzene rings is 2. The van der Waals surface area contributed by atoms with E-state index in [9.17, 15) is 43.5 Å². The van der Waals surface area contributed by atoms with Gasteiger partial charge in [0.25, 0.3) is 0 Å². The van der Waals surface area contributed by atoms with Crippen LogP contribution < -0.4 is 43.4 Å². The van der Waals surface area contributed by atoms with Gasteiger partial charge in [0.2, 0.25) is 35.4 Å². The van der Waals surface area contributed by atoms with Crippen LogP contribution in [-0.4, -0.2) is 117 Å². The van der Waals surface area contributed by atoms with E-state index in [-0.39, 0.29) is 51.0 Å². The highest BCUT2D eigenvalue weighted by Gasteiger charge is 2.34. The summed E-state index contributed by atoms with van der Waals surface area (Å²) in [6.07, 6.45) is 5.81. The van der Waals surface area contributed by atoms with Crippen molar-refractivity contribution in [2.24, 2.45) is 16.5 Å². The average Bonchev–Trinajstić information content (AvgIpc) is 3.95. The number of aromatic amines is 2. The van der Waals surface area contributed by atoms with Crippen molar-refractivity contribution >= 4 is 64.6 Å². The van der Waals surface area contributed by atoms with Gasteiger partial charge in [-0.2, -0.15) is 0 Å². The number of aldehydes is 1. The van der Waals surface area contributed by atoms with E-state index in [1.807, 2.05) is 31.2 Å². The highest BCUT2D eigenvalue weighted by molar-refractivity contribution is 5.98. The fourth-order valence-corrected chi connectivity index (χ4v) is 7.01. The predicted octanol–water partition coefficient (Wildman–Crippen LogP) is -0.235. The molecule has 2 aromatic carbocycles. The van der Waals surface area contributed by atoms with Gasteiger partial charge in [-0.05, 0) is 36.5 Å². The Morgan fingerprint density at radius 3 is 1.94 bits per heavy atom. The zero-order chi connectivity index (χ0) is 47.3. The Labute approximate surface area is 375 Å². The number of hydrogen-bond donors (Lipinski definition) is 11. The first kappa shape index (κ1) is 50.1. The van der Waals surface area contributed by atoms with Crippen molar-refractivity contribution in [3.8, 4) is 0 Å². The monoisotopic (exact) mass is 898 g/mol. The molecule has 0 aliphatic rings. The van der Waals surface area contributed by atoms with Gasteiger partial charge in [-0.15, -0.1) is 0 Å². The van der Waals surface area contributed by atoms with Crippen LogP contribution in [0.4, 0.5) is 0 Å². The summed E-state index contributed by atoms with van der Waals surface area (Å²) in [7, 11) is 0. The second-order valence-electron chi connectivity index (χ2n) is 15.5. The first-order valence-corrected chi connectivity index (χ1v) is 21.2. The Morgan fingerprint density at radius 1 is 0.723 bits per heavy atom. The van der Waals surface area contributed by atoms with Crippen LogP contribution in [0.25, 0.3) is 10.9 Å². The lowest BCUT2D eigenvalue weighted by Gasteiger charge is -2.27. The molecule has 0 saturated carbocycles. The minimum atomic E-state index is -1.68. The Hall–Kier alpha value is -7.58. The third-order valence-corrected chi connectivity index (χ3v) is 10.3. The molecule has 0 bridgehead atoms. The van der Waals surface area contributed by atoms with E-state index in [0.717, 1.165) is 16.5 Å². The molecular formula is C44H58N12O9. The van der Waals surface area contributed by atoms with Crippen LogP contribution in [0.15, 0.2) is 78.3 Å². The number of fused-ring (bicyclic) bond motifs is 1. The summed E-state index contributed by atoms with van der Waals surface area (Å²) in [6.45, 7) is 3.22. The molecule has 0 aliphatic heterocycles. The molecule has 21 nitrogen and oxygen atoms in total. The first-order valence-electron chi connectivity index (χ1n) is 21.2. The van der Waals surface area contributed by atoms with Gasteiger partial charge >= 0.3 is 5.97 Å². The molecule has 2 aromatic heterocycles. The van der Waals surface area contributed by atoms with Gasteiger partial charge in [-0.1, -0.05) is 68.3 Å². The van der Waals surface area contributed by atoms with Gasteiger partial charge < -0.3 is 63.2 Å². The molecule has 21 heteroatoms. The van der Waals surface area contributed by atoms with Crippen LogP contribution in [0.1, 0.15) is 69.2 Å². The lowest BCUT2D eigenvalue weighted by Crippen LogP contribution is -2.60. The number of carboxylic acids is 1. The van der Waals surface area contributed by atoms with Gasteiger partial charge in [0.05, 0.1) is 18.8 Å². The molecule has 6 amide bonds. The summed E-state index contributed by atoms with van der Waals surface area (Å²) >= 11 is 0. The molecule has 0 saturated heterocycles. The number of unbranched alkanes of at least 4 members (excludes halogenated alkanes) is 1. The largest absolute Gasteiger partial charge is 0.481 e. The van der Waals surface area contributed by atoms with Crippen molar-refractivity contribution in [1.82, 2.24) is 46.9 Å². The Kier molecular flexibility index (Phi) is 19.6. The van der Waals surface area contributed by atoms with Crippen LogP contribution in [0.3, 0.4) is 0 Å². The van der Waals surface area contributed by atoms with Crippen molar-refractivity contribution in [3.63, 3.8) is 0 Å². The number of hydrogen-bond acceptors (Lipinski definition) is 10. The highest BCUT2D eigenvalue weighted by atomic mass is 16.4. The molecule has 0 spiro atoms. The summed E-state index contributed by atoms with van der Waals surface area (Å²) in [5.41, 5.74) is 13.6. The number of amides is 6.